The summed E-state index contributed by atoms with van der Waals surface area (Å²) >= 11 is 0. The maximum atomic E-state index is 12.4. The molecule has 0 spiro atoms. The molecule has 0 aromatic carbocycles. The highest BCUT2D eigenvalue weighted by Gasteiger charge is 2.31. The summed E-state index contributed by atoms with van der Waals surface area (Å²) in [6.07, 6.45) is -2.06. The zero-order valence-corrected chi connectivity index (χ0v) is 15.9. The van der Waals surface area contributed by atoms with E-state index in [4.69, 9.17) is 28.0 Å². The minimum absolute atomic E-state index is 0.343. The predicted molar refractivity (Wildman–Crippen MR) is 98.5 cm³/mol. The maximum absolute atomic E-state index is 12.4. The summed E-state index contributed by atoms with van der Waals surface area (Å²) in [5.41, 5.74) is 20.1. The molecule has 30 heavy (non-hydrogen) atoms. The first-order valence-electron chi connectivity index (χ1n) is 8.55. The second-order valence-corrected chi connectivity index (χ2v) is 6.13. The first kappa shape index (κ1) is 26.2. The Bertz CT molecular complexity index is 711. The van der Waals surface area contributed by atoms with Crippen LogP contribution in [-0.4, -0.2) is 71.2 Å². The van der Waals surface area contributed by atoms with E-state index in [0.717, 1.165) is 0 Å². The molecule has 0 radical (unpaired) electrons. The normalized spacial score (nSPS) is 13.2. The van der Waals surface area contributed by atoms with Gasteiger partial charge in [0.1, 0.15) is 18.1 Å². The van der Waals surface area contributed by atoms with Gasteiger partial charge in [-0.3, -0.25) is 28.8 Å². The minimum Gasteiger partial charge on any atom is -0.480 e. The van der Waals surface area contributed by atoms with Gasteiger partial charge in [-0.15, -0.1) is 0 Å². The number of aliphatic carboxylic acids is 1. The van der Waals surface area contributed by atoms with Gasteiger partial charge in [0, 0.05) is 6.42 Å². The molecule has 0 aliphatic heterocycles. The third-order valence-electron chi connectivity index (χ3n) is 3.57. The standard InChI is InChI=1S/C15H25N7O8/c16-5-12(26)20-7(3-10(18)24)13(27)22-8(4-11(19)25)14(28)21-6(15(29)30)1-2-9(17)23/h6-8H,1-5,16H2,(H2,17,23)(H2,18,24)(H2,19,25)(H,20,26)(H,21,28)(H,22,27)(H,29,30). The summed E-state index contributed by atoms with van der Waals surface area (Å²) in [5.74, 6) is -7.25. The van der Waals surface area contributed by atoms with Crippen LogP contribution in [0.1, 0.15) is 25.7 Å². The van der Waals surface area contributed by atoms with Crippen LogP contribution in [0.25, 0.3) is 0 Å². The highest BCUT2D eigenvalue weighted by Crippen LogP contribution is 2.02. The van der Waals surface area contributed by atoms with Crippen molar-refractivity contribution in [3.05, 3.63) is 0 Å². The van der Waals surface area contributed by atoms with Crippen LogP contribution in [0.4, 0.5) is 0 Å². The number of hydrogen-bond acceptors (Lipinski definition) is 8. The Morgan fingerprint density at radius 2 is 1.13 bits per heavy atom. The molecular formula is C15H25N7O8. The molecule has 3 atom stereocenters. The molecule has 0 bridgehead atoms. The van der Waals surface area contributed by atoms with Crippen LogP contribution in [0.2, 0.25) is 0 Å². The molecule has 0 aromatic heterocycles. The zero-order valence-electron chi connectivity index (χ0n) is 15.9. The number of carboxylic acids is 1. The van der Waals surface area contributed by atoms with E-state index in [-0.39, 0.29) is 12.8 Å². The molecule has 0 heterocycles. The average molecular weight is 431 g/mol. The highest BCUT2D eigenvalue weighted by molar-refractivity contribution is 5.97. The molecule has 0 fully saturated rings. The number of nitrogens with one attached hydrogen (secondary N) is 3. The van der Waals surface area contributed by atoms with Crippen molar-refractivity contribution in [1.82, 2.24) is 16.0 Å². The van der Waals surface area contributed by atoms with Crippen LogP contribution >= 0.6 is 0 Å². The SMILES string of the molecule is NCC(=O)NC(CC(N)=O)C(=O)NC(CC(N)=O)C(=O)NC(CCC(N)=O)C(=O)O. The average Bonchev–Trinajstić information content (AvgIpc) is 2.62. The van der Waals surface area contributed by atoms with Crippen LogP contribution < -0.4 is 38.9 Å². The number of hydrogen-bond donors (Lipinski definition) is 8. The Kier molecular flexibility index (Phi) is 11.1. The second kappa shape index (κ2) is 12.7. The number of rotatable bonds is 14. The lowest BCUT2D eigenvalue weighted by molar-refractivity contribution is -0.143. The third-order valence-corrected chi connectivity index (χ3v) is 3.57. The van der Waals surface area contributed by atoms with Gasteiger partial charge in [-0.25, -0.2) is 4.79 Å². The van der Waals surface area contributed by atoms with Crippen molar-refractivity contribution in [3.63, 3.8) is 0 Å². The molecule has 0 rings (SSSR count). The van der Waals surface area contributed by atoms with E-state index >= 15 is 0 Å². The van der Waals surface area contributed by atoms with Crippen molar-refractivity contribution in [2.45, 2.75) is 43.8 Å². The molecule has 3 unspecified atom stereocenters. The first-order valence-corrected chi connectivity index (χ1v) is 8.55. The van der Waals surface area contributed by atoms with Gasteiger partial charge in [0.2, 0.25) is 35.4 Å². The zero-order chi connectivity index (χ0) is 23.4. The molecule has 0 aliphatic rings. The molecule has 6 amide bonds. The Hall–Kier alpha value is -3.75. The maximum Gasteiger partial charge on any atom is 0.326 e. The lowest BCUT2D eigenvalue weighted by atomic mass is 10.1. The number of amides is 6. The van der Waals surface area contributed by atoms with Crippen molar-refractivity contribution < 1.29 is 38.7 Å². The lowest BCUT2D eigenvalue weighted by Gasteiger charge is -2.23. The van der Waals surface area contributed by atoms with Crippen molar-refractivity contribution in [2.24, 2.45) is 22.9 Å². The molecule has 0 saturated heterocycles. The molecule has 15 heteroatoms. The molecule has 0 saturated carbocycles. The Balaban J connectivity index is 5.41. The van der Waals surface area contributed by atoms with E-state index < -0.39 is 78.9 Å². The fourth-order valence-corrected chi connectivity index (χ4v) is 2.16. The topological polar surface area (TPSA) is 280 Å². The van der Waals surface area contributed by atoms with E-state index in [1.807, 2.05) is 5.32 Å². The van der Waals surface area contributed by atoms with Gasteiger partial charge in [-0.2, -0.15) is 0 Å². The molecule has 168 valence electrons. The Morgan fingerprint density at radius 3 is 1.50 bits per heavy atom. The Morgan fingerprint density at radius 1 is 0.700 bits per heavy atom. The summed E-state index contributed by atoms with van der Waals surface area (Å²) in [6, 6.07) is -4.70. The van der Waals surface area contributed by atoms with Gasteiger partial charge < -0.3 is 44.0 Å². The highest BCUT2D eigenvalue weighted by atomic mass is 16.4. The fraction of sp³-hybridized carbons (Fsp3) is 0.533. The van der Waals surface area contributed by atoms with Gasteiger partial charge in [-0.05, 0) is 6.42 Å². The smallest absolute Gasteiger partial charge is 0.326 e. The third kappa shape index (κ3) is 10.5. The molecule has 0 aromatic rings. The van der Waals surface area contributed by atoms with Crippen LogP contribution in [0.15, 0.2) is 0 Å². The van der Waals surface area contributed by atoms with Crippen LogP contribution in [0.5, 0.6) is 0 Å². The van der Waals surface area contributed by atoms with E-state index in [1.54, 1.807) is 0 Å². The molecular weight excluding hydrogens is 406 g/mol. The summed E-state index contributed by atoms with van der Waals surface area (Å²) in [4.78, 5) is 80.6. The summed E-state index contributed by atoms with van der Waals surface area (Å²) < 4.78 is 0. The van der Waals surface area contributed by atoms with Crippen LogP contribution in [0, 0.1) is 0 Å². The van der Waals surface area contributed by atoms with Gasteiger partial charge in [-0.1, -0.05) is 0 Å². The summed E-state index contributed by atoms with van der Waals surface area (Å²) in [5, 5.41) is 15.4. The van der Waals surface area contributed by atoms with Crippen molar-refractivity contribution in [1.29, 1.82) is 0 Å². The number of carbonyl (C=O) groups is 7. The van der Waals surface area contributed by atoms with Gasteiger partial charge >= 0.3 is 5.97 Å². The van der Waals surface area contributed by atoms with Crippen molar-refractivity contribution in [2.75, 3.05) is 6.54 Å². The molecule has 15 nitrogen and oxygen atoms in total. The Labute approximate surface area is 170 Å². The minimum atomic E-state index is -1.64. The quantitative estimate of drug-likeness (QED) is 0.130. The summed E-state index contributed by atoms with van der Waals surface area (Å²) in [7, 11) is 0. The van der Waals surface area contributed by atoms with Crippen LogP contribution in [-0.2, 0) is 33.6 Å². The molecule has 0 aliphatic carbocycles. The van der Waals surface area contributed by atoms with Crippen molar-refractivity contribution >= 4 is 41.4 Å². The van der Waals surface area contributed by atoms with Gasteiger partial charge in [0.15, 0.2) is 0 Å². The summed E-state index contributed by atoms with van der Waals surface area (Å²) in [6.45, 7) is -0.506. The van der Waals surface area contributed by atoms with E-state index in [9.17, 15) is 33.6 Å². The first-order chi connectivity index (χ1) is 13.9. The number of carbonyl (C=O) groups excluding carboxylic acids is 6. The second-order valence-electron chi connectivity index (χ2n) is 6.13. The number of primary amides is 3. The number of carboxylic acid groups (broad SMARTS) is 1. The monoisotopic (exact) mass is 431 g/mol. The fourth-order valence-electron chi connectivity index (χ4n) is 2.16. The number of nitrogens with two attached hydrogens (primary N) is 4. The van der Waals surface area contributed by atoms with Gasteiger partial charge in [0.05, 0.1) is 19.4 Å². The predicted octanol–water partition coefficient (Wildman–Crippen LogP) is -5.50. The van der Waals surface area contributed by atoms with E-state index in [0.29, 0.717) is 0 Å². The van der Waals surface area contributed by atoms with E-state index in [1.165, 1.54) is 0 Å². The largest absolute Gasteiger partial charge is 0.480 e. The van der Waals surface area contributed by atoms with Gasteiger partial charge in [0.25, 0.3) is 0 Å². The van der Waals surface area contributed by atoms with Crippen molar-refractivity contribution in [3.8, 4) is 0 Å². The molecule has 12 N–H and O–H groups in total. The van der Waals surface area contributed by atoms with Crippen LogP contribution in [0.3, 0.4) is 0 Å². The lowest BCUT2D eigenvalue weighted by Crippen LogP contribution is -2.57. The van der Waals surface area contributed by atoms with E-state index in [2.05, 4.69) is 10.6 Å².